The lowest BCUT2D eigenvalue weighted by molar-refractivity contribution is -0.160. The van der Waals surface area contributed by atoms with Crippen LogP contribution in [0.4, 0.5) is 18.9 Å². The van der Waals surface area contributed by atoms with Gasteiger partial charge < -0.3 is 14.5 Å². The lowest BCUT2D eigenvalue weighted by Gasteiger charge is -2.43. The van der Waals surface area contributed by atoms with E-state index in [1.54, 1.807) is 53.4 Å². The number of hydrogen-bond donors (Lipinski definition) is 0. The van der Waals surface area contributed by atoms with Crippen molar-refractivity contribution >= 4 is 23.5 Å². The molecule has 0 aromatic heterocycles. The van der Waals surface area contributed by atoms with E-state index >= 15 is 0 Å². The van der Waals surface area contributed by atoms with Crippen molar-refractivity contribution in [3.05, 3.63) is 66.0 Å². The Morgan fingerprint density at radius 2 is 1.60 bits per heavy atom. The molecule has 3 aliphatic rings. The van der Waals surface area contributed by atoms with Gasteiger partial charge in [0.1, 0.15) is 5.82 Å². The van der Waals surface area contributed by atoms with Gasteiger partial charge in [-0.1, -0.05) is 36.4 Å². The molecule has 214 valence electrons. The number of amides is 2. The van der Waals surface area contributed by atoms with Gasteiger partial charge in [0.05, 0.1) is 17.9 Å². The number of anilines is 1. The number of piperidine rings is 1. The molecule has 1 saturated heterocycles. The molecule has 0 bridgehead atoms. The summed E-state index contributed by atoms with van der Waals surface area (Å²) in [6, 6.07) is 14.3. The Hall–Kier alpha value is -3.36. The Balaban J connectivity index is 1.35. The summed E-state index contributed by atoms with van der Waals surface area (Å²) in [4.78, 5) is 43.7. The van der Waals surface area contributed by atoms with Crippen LogP contribution in [0.2, 0.25) is 0 Å². The third-order valence-electron chi connectivity index (χ3n) is 8.95. The minimum atomic E-state index is -2.86. The van der Waals surface area contributed by atoms with Crippen LogP contribution in [0.15, 0.2) is 54.6 Å². The van der Waals surface area contributed by atoms with Crippen molar-refractivity contribution in [3.8, 4) is 0 Å². The normalized spacial score (nSPS) is 22.7. The van der Waals surface area contributed by atoms with E-state index in [2.05, 4.69) is 0 Å². The Labute approximate surface area is 232 Å². The number of para-hydroxylation sites is 1. The number of carbonyl (C=O) groups is 3. The summed E-state index contributed by atoms with van der Waals surface area (Å²) >= 11 is 0. The zero-order valence-electron chi connectivity index (χ0n) is 22.7. The van der Waals surface area contributed by atoms with Gasteiger partial charge in [-0.2, -0.15) is 0 Å². The number of methoxy groups -OCH3 is 1. The van der Waals surface area contributed by atoms with Crippen molar-refractivity contribution in [2.24, 2.45) is 5.41 Å². The van der Waals surface area contributed by atoms with Crippen molar-refractivity contribution in [2.45, 2.75) is 75.2 Å². The predicted molar refractivity (Wildman–Crippen MR) is 143 cm³/mol. The fraction of sp³-hybridized carbons (Fsp3) is 0.516. The highest BCUT2D eigenvalue weighted by atomic mass is 19.3. The number of halogens is 3. The molecule has 2 amide bonds. The van der Waals surface area contributed by atoms with E-state index in [1.165, 1.54) is 18.1 Å². The summed E-state index contributed by atoms with van der Waals surface area (Å²) in [5.74, 6) is -4.40. The van der Waals surface area contributed by atoms with E-state index in [1.807, 2.05) is 0 Å². The number of ether oxygens (including phenoxy) is 1. The maximum atomic E-state index is 14.6. The highest BCUT2D eigenvalue weighted by molar-refractivity contribution is 5.97. The summed E-state index contributed by atoms with van der Waals surface area (Å²) in [7, 11) is 1.26. The van der Waals surface area contributed by atoms with E-state index in [9.17, 15) is 27.6 Å². The van der Waals surface area contributed by atoms with Gasteiger partial charge in [-0.05, 0) is 56.7 Å². The first-order valence-corrected chi connectivity index (χ1v) is 14.0. The van der Waals surface area contributed by atoms with Crippen LogP contribution in [0.25, 0.3) is 0 Å². The maximum Gasteiger partial charge on any atom is 0.312 e. The Kier molecular flexibility index (Phi) is 7.68. The van der Waals surface area contributed by atoms with Crippen LogP contribution in [-0.4, -0.2) is 54.8 Å². The molecule has 0 N–H and O–H groups in total. The zero-order valence-corrected chi connectivity index (χ0v) is 22.7. The third kappa shape index (κ3) is 5.34. The minimum absolute atomic E-state index is 0.169. The monoisotopic (exact) mass is 556 g/mol. The second-order valence-electron chi connectivity index (χ2n) is 11.5. The summed E-state index contributed by atoms with van der Waals surface area (Å²) in [6.45, 7) is 0.425. The minimum Gasteiger partial charge on any atom is -0.469 e. The summed E-state index contributed by atoms with van der Waals surface area (Å²) in [5.41, 5.74) is -1.17. The molecule has 0 spiro atoms. The van der Waals surface area contributed by atoms with Crippen molar-refractivity contribution < 1.29 is 32.3 Å². The molecule has 40 heavy (non-hydrogen) atoms. The summed E-state index contributed by atoms with van der Waals surface area (Å²) < 4.78 is 48.5. The molecule has 2 aromatic carbocycles. The molecular formula is C31H35F3N2O4. The van der Waals surface area contributed by atoms with E-state index < -0.39 is 46.9 Å². The van der Waals surface area contributed by atoms with Gasteiger partial charge in [0.15, 0.2) is 0 Å². The molecule has 0 radical (unpaired) electrons. The quantitative estimate of drug-likeness (QED) is 0.414. The molecular weight excluding hydrogens is 521 g/mol. The topological polar surface area (TPSA) is 66.9 Å². The lowest BCUT2D eigenvalue weighted by atomic mass is 9.74. The Morgan fingerprint density at radius 1 is 0.950 bits per heavy atom. The first-order chi connectivity index (χ1) is 19.1. The molecule has 9 heteroatoms. The highest BCUT2D eigenvalue weighted by Crippen LogP contribution is 2.51. The molecule has 1 unspecified atom stereocenters. The number of benzene rings is 2. The first kappa shape index (κ1) is 28.2. The number of carbonyl (C=O) groups excluding carboxylic acids is 3. The van der Waals surface area contributed by atoms with Crippen LogP contribution in [0.1, 0.15) is 63.4 Å². The van der Waals surface area contributed by atoms with Crippen LogP contribution in [0.5, 0.6) is 0 Å². The van der Waals surface area contributed by atoms with Crippen LogP contribution < -0.4 is 4.90 Å². The van der Waals surface area contributed by atoms with Gasteiger partial charge in [-0.25, -0.2) is 13.2 Å². The summed E-state index contributed by atoms with van der Waals surface area (Å²) in [5, 5.41) is 0. The van der Waals surface area contributed by atoms with Crippen LogP contribution >= 0.6 is 0 Å². The molecule has 3 fully saturated rings. The second kappa shape index (κ2) is 10.9. The van der Waals surface area contributed by atoms with E-state index in [4.69, 9.17) is 4.74 Å². The van der Waals surface area contributed by atoms with Crippen molar-refractivity contribution in [1.82, 2.24) is 4.90 Å². The second-order valence-corrected chi connectivity index (χ2v) is 11.5. The lowest BCUT2D eigenvalue weighted by Crippen LogP contribution is -2.53. The fourth-order valence-corrected chi connectivity index (χ4v) is 6.57. The Bertz CT molecular complexity index is 1260. The molecule has 2 saturated carbocycles. The van der Waals surface area contributed by atoms with Crippen molar-refractivity contribution in [1.29, 1.82) is 0 Å². The molecule has 2 aromatic rings. The number of alkyl halides is 2. The largest absolute Gasteiger partial charge is 0.469 e. The smallest absolute Gasteiger partial charge is 0.312 e. The molecule has 5 rings (SSSR count). The van der Waals surface area contributed by atoms with Crippen LogP contribution in [-0.2, 0) is 24.5 Å². The average molecular weight is 557 g/mol. The number of likely N-dealkylation sites (tertiary alicyclic amines) is 1. The molecule has 2 aliphatic carbocycles. The van der Waals surface area contributed by atoms with Crippen molar-refractivity contribution in [3.63, 3.8) is 0 Å². The number of nitrogens with zero attached hydrogens (tertiary/aromatic N) is 2. The zero-order chi connectivity index (χ0) is 28.5. The maximum absolute atomic E-state index is 14.6. The predicted octanol–water partition coefficient (Wildman–Crippen LogP) is 5.64. The van der Waals surface area contributed by atoms with Gasteiger partial charge in [0, 0.05) is 49.6 Å². The molecule has 6 nitrogen and oxygen atoms in total. The fourth-order valence-electron chi connectivity index (χ4n) is 6.57. The SMILES string of the molecule is COC(=O)C1(CC(=O)N(c2ccccc2)C2CCCC(F)(F)C2)CCN(C(=O)C2(c3ccccc3F)CC2)CC1. The van der Waals surface area contributed by atoms with Crippen LogP contribution in [0.3, 0.4) is 0 Å². The van der Waals surface area contributed by atoms with Crippen molar-refractivity contribution in [2.75, 3.05) is 25.1 Å². The standard InChI is InChI=1S/C31H35F3N2O4/c1-40-28(39)29(16-18-35(19-17-29)27(38)30(14-15-30)24-11-5-6-12-25(24)32)21-26(37)36(22-8-3-2-4-9-22)23-10-7-13-31(33,34)20-23/h2-6,8-9,11-12,23H,7,10,13-21H2,1H3. The number of rotatable bonds is 7. The van der Waals surface area contributed by atoms with E-state index in [0.29, 0.717) is 36.9 Å². The molecule has 1 atom stereocenters. The Morgan fingerprint density at radius 3 is 2.20 bits per heavy atom. The van der Waals surface area contributed by atoms with Crippen LogP contribution in [0, 0.1) is 11.2 Å². The third-order valence-corrected chi connectivity index (χ3v) is 8.95. The molecule has 1 aliphatic heterocycles. The summed E-state index contributed by atoms with van der Waals surface area (Å²) in [6.07, 6.45) is 1.39. The number of esters is 1. The van der Waals surface area contributed by atoms with Gasteiger partial charge in [0.25, 0.3) is 0 Å². The van der Waals surface area contributed by atoms with Gasteiger partial charge in [0.2, 0.25) is 17.7 Å². The first-order valence-electron chi connectivity index (χ1n) is 14.0. The van der Waals surface area contributed by atoms with Gasteiger partial charge >= 0.3 is 5.97 Å². The highest BCUT2D eigenvalue weighted by Gasteiger charge is 2.56. The molecule has 1 heterocycles. The number of hydrogen-bond acceptors (Lipinski definition) is 4. The average Bonchev–Trinajstić information content (AvgIpc) is 3.75. The van der Waals surface area contributed by atoms with Gasteiger partial charge in [-0.15, -0.1) is 0 Å². The van der Waals surface area contributed by atoms with Gasteiger partial charge in [-0.3, -0.25) is 14.4 Å². The van der Waals surface area contributed by atoms with E-state index in [0.717, 1.165) is 0 Å². The van der Waals surface area contributed by atoms with E-state index in [-0.39, 0.29) is 44.7 Å².